The van der Waals surface area contributed by atoms with Gasteiger partial charge < -0.3 is 10.5 Å². The van der Waals surface area contributed by atoms with Gasteiger partial charge in [0.05, 0.1) is 19.3 Å². The van der Waals surface area contributed by atoms with Crippen LogP contribution >= 0.6 is 0 Å². The molecule has 0 spiro atoms. The van der Waals surface area contributed by atoms with Crippen molar-refractivity contribution in [3.05, 3.63) is 51.9 Å². The Bertz CT molecular complexity index is 620. The second-order valence-electron chi connectivity index (χ2n) is 4.06. The van der Waals surface area contributed by atoms with Crippen LogP contribution in [-0.4, -0.2) is 16.9 Å². The molecule has 2 rings (SSSR count). The number of hydrogen-bond acceptors (Lipinski definition) is 4. The maximum absolute atomic E-state index is 11.8. The zero-order chi connectivity index (χ0) is 13.1. The smallest absolute Gasteiger partial charge is 0.290 e. The number of nitrogens with two attached hydrogens (primary N) is 1. The van der Waals surface area contributed by atoms with Crippen LogP contribution in [0.25, 0.3) is 0 Å². The van der Waals surface area contributed by atoms with Crippen molar-refractivity contribution in [1.29, 1.82) is 0 Å². The molecule has 0 fully saturated rings. The van der Waals surface area contributed by atoms with Gasteiger partial charge in [-0.25, -0.2) is 4.68 Å². The number of methoxy groups -OCH3 is 1. The molecule has 1 aromatic carbocycles. The Balaban J connectivity index is 2.36. The van der Waals surface area contributed by atoms with Crippen LogP contribution in [0.4, 0.5) is 5.69 Å². The van der Waals surface area contributed by atoms with Crippen LogP contribution in [0.15, 0.2) is 35.1 Å². The number of ether oxygens (including phenoxy) is 1. The van der Waals surface area contributed by atoms with E-state index in [2.05, 4.69) is 5.10 Å². The number of aryl methyl sites for hydroxylation is 1. The average Bonchev–Trinajstić information content (AvgIpc) is 2.35. The van der Waals surface area contributed by atoms with Crippen molar-refractivity contribution < 1.29 is 4.74 Å². The van der Waals surface area contributed by atoms with Gasteiger partial charge in [0.15, 0.2) is 0 Å². The molecule has 0 saturated carbocycles. The van der Waals surface area contributed by atoms with Crippen molar-refractivity contribution in [3.8, 4) is 5.75 Å². The monoisotopic (exact) mass is 245 g/mol. The van der Waals surface area contributed by atoms with Crippen LogP contribution in [0, 0.1) is 6.92 Å². The van der Waals surface area contributed by atoms with Gasteiger partial charge in [-0.3, -0.25) is 4.79 Å². The standard InChI is InChI=1S/C13H15N3O2/c1-9-6-12(14)13(17)16(15-9)8-10-4-3-5-11(7-10)18-2/h3-7H,8,14H2,1-2H3. The molecule has 18 heavy (non-hydrogen) atoms. The normalized spacial score (nSPS) is 10.3. The maximum atomic E-state index is 11.8. The Morgan fingerprint density at radius 2 is 2.17 bits per heavy atom. The van der Waals surface area contributed by atoms with E-state index in [1.807, 2.05) is 24.3 Å². The van der Waals surface area contributed by atoms with Crippen LogP contribution in [0.1, 0.15) is 11.3 Å². The van der Waals surface area contributed by atoms with Crippen LogP contribution in [-0.2, 0) is 6.54 Å². The highest BCUT2D eigenvalue weighted by molar-refractivity contribution is 5.35. The highest BCUT2D eigenvalue weighted by Crippen LogP contribution is 2.13. The minimum atomic E-state index is -0.275. The van der Waals surface area contributed by atoms with E-state index in [0.29, 0.717) is 6.54 Å². The molecule has 2 aromatic rings. The van der Waals surface area contributed by atoms with E-state index in [1.165, 1.54) is 4.68 Å². The van der Waals surface area contributed by atoms with Crippen molar-refractivity contribution >= 4 is 5.69 Å². The Morgan fingerprint density at radius 1 is 1.39 bits per heavy atom. The quantitative estimate of drug-likeness (QED) is 0.881. The molecule has 5 heteroatoms. The van der Waals surface area contributed by atoms with Crippen LogP contribution in [0.3, 0.4) is 0 Å². The Labute approximate surface area is 105 Å². The van der Waals surface area contributed by atoms with E-state index in [0.717, 1.165) is 17.0 Å². The number of aromatic nitrogens is 2. The van der Waals surface area contributed by atoms with Gasteiger partial charge in [-0.1, -0.05) is 12.1 Å². The molecule has 94 valence electrons. The topological polar surface area (TPSA) is 70.1 Å². The molecule has 5 nitrogen and oxygen atoms in total. The first-order valence-corrected chi connectivity index (χ1v) is 5.57. The molecule has 0 unspecified atom stereocenters. The average molecular weight is 245 g/mol. The summed E-state index contributed by atoms with van der Waals surface area (Å²) in [5.74, 6) is 0.751. The van der Waals surface area contributed by atoms with Gasteiger partial charge in [0.2, 0.25) is 0 Å². The highest BCUT2D eigenvalue weighted by atomic mass is 16.5. The maximum Gasteiger partial charge on any atom is 0.290 e. The van der Waals surface area contributed by atoms with Gasteiger partial charge in [0, 0.05) is 0 Å². The summed E-state index contributed by atoms with van der Waals surface area (Å²) in [4.78, 5) is 11.8. The minimum absolute atomic E-state index is 0.213. The molecule has 1 heterocycles. The molecule has 0 bridgehead atoms. The van der Waals surface area contributed by atoms with E-state index in [-0.39, 0.29) is 11.2 Å². The number of hydrogen-bond donors (Lipinski definition) is 1. The molecule has 0 aliphatic heterocycles. The van der Waals surface area contributed by atoms with E-state index < -0.39 is 0 Å². The van der Waals surface area contributed by atoms with E-state index in [9.17, 15) is 4.79 Å². The molecular formula is C13H15N3O2. The summed E-state index contributed by atoms with van der Waals surface area (Å²) in [5.41, 5.74) is 7.23. The molecule has 0 aliphatic rings. The van der Waals surface area contributed by atoms with Crippen molar-refractivity contribution in [2.24, 2.45) is 0 Å². The number of nitrogen functional groups attached to an aromatic ring is 1. The zero-order valence-electron chi connectivity index (χ0n) is 10.4. The van der Waals surface area contributed by atoms with Gasteiger partial charge in [-0.05, 0) is 30.7 Å². The van der Waals surface area contributed by atoms with E-state index in [4.69, 9.17) is 10.5 Å². The predicted molar refractivity (Wildman–Crippen MR) is 69.7 cm³/mol. The number of rotatable bonds is 3. The largest absolute Gasteiger partial charge is 0.497 e. The summed E-state index contributed by atoms with van der Waals surface area (Å²) in [6, 6.07) is 9.08. The lowest BCUT2D eigenvalue weighted by atomic mass is 10.2. The highest BCUT2D eigenvalue weighted by Gasteiger charge is 2.05. The van der Waals surface area contributed by atoms with Gasteiger partial charge in [-0.15, -0.1) is 0 Å². The van der Waals surface area contributed by atoms with Gasteiger partial charge >= 0.3 is 0 Å². The number of anilines is 1. The summed E-state index contributed by atoms with van der Waals surface area (Å²) < 4.78 is 6.50. The minimum Gasteiger partial charge on any atom is -0.497 e. The van der Waals surface area contributed by atoms with Crippen molar-refractivity contribution in [3.63, 3.8) is 0 Å². The Morgan fingerprint density at radius 3 is 2.89 bits per heavy atom. The van der Waals surface area contributed by atoms with E-state index in [1.54, 1.807) is 20.1 Å². The first kappa shape index (κ1) is 12.2. The third kappa shape index (κ3) is 2.51. The fraction of sp³-hybridized carbons (Fsp3) is 0.231. The summed E-state index contributed by atoms with van der Waals surface area (Å²) in [6.45, 7) is 2.18. The van der Waals surface area contributed by atoms with Crippen molar-refractivity contribution in [1.82, 2.24) is 9.78 Å². The first-order valence-electron chi connectivity index (χ1n) is 5.57. The third-order valence-electron chi connectivity index (χ3n) is 2.59. The molecule has 0 atom stereocenters. The molecule has 0 saturated heterocycles. The van der Waals surface area contributed by atoms with Crippen LogP contribution in [0.5, 0.6) is 5.75 Å². The fourth-order valence-corrected chi connectivity index (χ4v) is 1.75. The van der Waals surface area contributed by atoms with Crippen LogP contribution < -0.4 is 16.0 Å². The molecule has 0 radical (unpaired) electrons. The Kier molecular flexibility index (Phi) is 3.32. The fourth-order valence-electron chi connectivity index (χ4n) is 1.75. The zero-order valence-corrected chi connectivity index (χ0v) is 10.4. The summed E-state index contributed by atoms with van der Waals surface area (Å²) in [7, 11) is 1.61. The van der Waals surface area contributed by atoms with Gasteiger partial charge in [0.25, 0.3) is 5.56 Å². The third-order valence-corrected chi connectivity index (χ3v) is 2.59. The van der Waals surface area contributed by atoms with Crippen LogP contribution in [0.2, 0.25) is 0 Å². The predicted octanol–water partition coefficient (Wildman–Crippen LogP) is 1.19. The van der Waals surface area contributed by atoms with Crippen molar-refractivity contribution in [2.45, 2.75) is 13.5 Å². The lowest BCUT2D eigenvalue weighted by Gasteiger charge is -2.08. The number of nitrogens with zero attached hydrogens (tertiary/aromatic N) is 2. The van der Waals surface area contributed by atoms with E-state index >= 15 is 0 Å². The summed E-state index contributed by atoms with van der Waals surface area (Å²) in [5, 5.41) is 4.17. The summed E-state index contributed by atoms with van der Waals surface area (Å²) in [6.07, 6.45) is 0. The second-order valence-corrected chi connectivity index (χ2v) is 4.06. The number of benzene rings is 1. The van der Waals surface area contributed by atoms with Crippen molar-refractivity contribution in [2.75, 3.05) is 12.8 Å². The molecular weight excluding hydrogens is 230 g/mol. The van der Waals surface area contributed by atoms with Gasteiger partial charge in [0.1, 0.15) is 11.4 Å². The molecule has 0 amide bonds. The molecule has 0 aliphatic carbocycles. The van der Waals surface area contributed by atoms with Gasteiger partial charge in [-0.2, -0.15) is 5.10 Å². The first-order chi connectivity index (χ1) is 8.60. The Hall–Kier alpha value is -2.30. The lowest BCUT2D eigenvalue weighted by molar-refractivity contribution is 0.414. The molecule has 1 aromatic heterocycles. The molecule has 2 N–H and O–H groups in total. The lowest BCUT2D eigenvalue weighted by Crippen LogP contribution is -2.26. The SMILES string of the molecule is COc1cccc(Cn2nc(C)cc(N)c2=O)c1. The second kappa shape index (κ2) is 4.91. The summed E-state index contributed by atoms with van der Waals surface area (Å²) >= 11 is 0.